The van der Waals surface area contributed by atoms with Crippen LogP contribution in [0.15, 0.2) is 0 Å². The van der Waals surface area contributed by atoms with Gasteiger partial charge in [0.05, 0.1) is 6.61 Å². The summed E-state index contributed by atoms with van der Waals surface area (Å²) < 4.78 is 0. The van der Waals surface area contributed by atoms with Gasteiger partial charge in [-0.05, 0) is 33.2 Å². The fourth-order valence-electron chi connectivity index (χ4n) is 1.02. The first-order valence-electron chi connectivity index (χ1n) is 5.28. The van der Waals surface area contributed by atoms with E-state index in [0.29, 0.717) is 19.1 Å². The molecule has 0 aliphatic carbocycles. The topological polar surface area (TPSA) is 50.4 Å². The molecular weight excluding hydrogens is 180 g/mol. The van der Waals surface area contributed by atoms with Crippen LogP contribution in [0.2, 0.25) is 0 Å². The zero-order chi connectivity index (χ0) is 10.8. The Morgan fingerprint density at radius 2 is 2.21 bits per heavy atom. The summed E-state index contributed by atoms with van der Waals surface area (Å²) in [5.41, 5.74) is 2.42. The van der Waals surface area contributed by atoms with Crippen LogP contribution in [0.3, 0.4) is 0 Å². The Morgan fingerprint density at radius 3 is 2.79 bits per heavy atom. The van der Waals surface area contributed by atoms with Crippen LogP contribution >= 0.6 is 0 Å². The van der Waals surface area contributed by atoms with Gasteiger partial charge in [0.15, 0.2) is 0 Å². The number of hydrogen-bond donors (Lipinski definition) is 2. The molecule has 0 aromatic carbocycles. The Hall–Kier alpha value is -0.610. The molecule has 1 amide bonds. The maximum Gasteiger partial charge on any atom is 0.243 e. The number of carbonyl (C=O) groups excluding carboxylic acids is 1. The van der Waals surface area contributed by atoms with Crippen LogP contribution in [0.4, 0.5) is 0 Å². The van der Waals surface area contributed by atoms with E-state index in [2.05, 4.69) is 17.7 Å². The molecule has 4 heteroatoms. The molecule has 0 aliphatic heterocycles. The smallest absolute Gasteiger partial charge is 0.243 e. The van der Waals surface area contributed by atoms with Crippen molar-refractivity contribution in [1.29, 1.82) is 0 Å². The maximum absolute atomic E-state index is 10.9. The third kappa shape index (κ3) is 8.01. The lowest BCUT2D eigenvalue weighted by atomic mass is 10.2. The maximum atomic E-state index is 10.9. The summed E-state index contributed by atoms with van der Waals surface area (Å²) >= 11 is 0. The van der Waals surface area contributed by atoms with E-state index in [1.807, 2.05) is 14.0 Å². The highest BCUT2D eigenvalue weighted by molar-refractivity contribution is 5.74. The lowest BCUT2D eigenvalue weighted by Crippen LogP contribution is -2.25. The predicted molar refractivity (Wildman–Crippen MR) is 56.8 cm³/mol. The molecule has 2 N–H and O–H groups in total. The van der Waals surface area contributed by atoms with Crippen LogP contribution in [0.25, 0.3) is 0 Å². The van der Waals surface area contributed by atoms with Crippen molar-refractivity contribution in [1.82, 2.24) is 10.8 Å². The summed E-state index contributed by atoms with van der Waals surface area (Å²) in [6.45, 7) is 4.67. The van der Waals surface area contributed by atoms with Crippen molar-refractivity contribution in [3.63, 3.8) is 0 Å². The highest BCUT2D eigenvalue weighted by Gasteiger charge is 1.99. The van der Waals surface area contributed by atoms with Crippen molar-refractivity contribution in [3.05, 3.63) is 0 Å². The van der Waals surface area contributed by atoms with Gasteiger partial charge in [0.25, 0.3) is 0 Å². The molecule has 4 nitrogen and oxygen atoms in total. The SMILES string of the molecule is CCCC(=O)NOCCCC(C)NC. The molecule has 0 radical (unpaired) electrons. The second-order valence-corrected chi connectivity index (χ2v) is 3.46. The Morgan fingerprint density at radius 1 is 1.50 bits per heavy atom. The van der Waals surface area contributed by atoms with E-state index in [4.69, 9.17) is 4.84 Å². The van der Waals surface area contributed by atoms with E-state index in [9.17, 15) is 4.79 Å². The molecule has 0 rings (SSSR count). The fraction of sp³-hybridized carbons (Fsp3) is 0.900. The zero-order valence-electron chi connectivity index (χ0n) is 9.43. The molecule has 0 bridgehead atoms. The van der Waals surface area contributed by atoms with E-state index < -0.39 is 0 Å². The average Bonchev–Trinajstić information content (AvgIpc) is 2.17. The van der Waals surface area contributed by atoms with Crippen LogP contribution in [0, 0.1) is 0 Å². The number of hydroxylamine groups is 1. The normalized spacial score (nSPS) is 12.5. The third-order valence-electron chi connectivity index (χ3n) is 2.04. The summed E-state index contributed by atoms with van der Waals surface area (Å²) in [7, 11) is 1.94. The van der Waals surface area contributed by atoms with Gasteiger partial charge in [0.2, 0.25) is 5.91 Å². The number of nitrogens with one attached hydrogen (secondary N) is 2. The third-order valence-corrected chi connectivity index (χ3v) is 2.04. The number of amides is 1. The second kappa shape index (κ2) is 8.97. The molecular formula is C10H22N2O2. The Balaban J connectivity index is 3.17. The van der Waals surface area contributed by atoms with Crippen molar-refractivity contribution >= 4 is 5.91 Å². The van der Waals surface area contributed by atoms with Gasteiger partial charge < -0.3 is 5.32 Å². The van der Waals surface area contributed by atoms with Crippen molar-refractivity contribution < 1.29 is 9.63 Å². The summed E-state index contributed by atoms with van der Waals surface area (Å²) in [4.78, 5) is 16.0. The van der Waals surface area contributed by atoms with Gasteiger partial charge in [-0.1, -0.05) is 6.92 Å². The van der Waals surface area contributed by atoms with Gasteiger partial charge in [-0.3, -0.25) is 9.63 Å². The summed E-state index contributed by atoms with van der Waals surface area (Å²) in [6, 6.07) is 0.505. The van der Waals surface area contributed by atoms with Crippen LogP contribution in [0.1, 0.15) is 39.5 Å². The highest BCUT2D eigenvalue weighted by atomic mass is 16.6. The molecule has 0 saturated heterocycles. The summed E-state index contributed by atoms with van der Waals surface area (Å²) in [5, 5.41) is 3.14. The monoisotopic (exact) mass is 202 g/mol. The minimum Gasteiger partial charge on any atom is -0.317 e. The standard InChI is InChI=1S/C10H22N2O2/c1-4-6-10(13)12-14-8-5-7-9(2)11-3/h9,11H,4-8H2,1-3H3,(H,12,13). The molecule has 0 aliphatic rings. The van der Waals surface area contributed by atoms with Gasteiger partial charge in [-0.25, -0.2) is 5.48 Å². The van der Waals surface area contributed by atoms with Gasteiger partial charge in [-0.2, -0.15) is 0 Å². The molecule has 84 valence electrons. The lowest BCUT2D eigenvalue weighted by molar-refractivity contribution is -0.133. The number of carbonyl (C=O) groups is 1. The van der Waals surface area contributed by atoms with E-state index in [1.165, 1.54) is 0 Å². The van der Waals surface area contributed by atoms with Gasteiger partial charge >= 0.3 is 0 Å². The molecule has 1 atom stereocenters. The molecule has 14 heavy (non-hydrogen) atoms. The van der Waals surface area contributed by atoms with Crippen molar-refractivity contribution in [2.45, 2.75) is 45.6 Å². The first kappa shape index (κ1) is 13.4. The second-order valence-electron chi connectivity index (χ2n) is 3.46. The van der Waals surface area contributed by atoms with Crippen LogP contribution in [-0.4, -0.2) is 25.6 Å². The Kier molecular flexibility index (Phi) is 8.57. The Labute approximate surface area is 86.4 Å². The van der Waals surface area contributed by atoms with E-state index in [1.54, 1.807) is 0 Å². The molecule has 0 aromatic rings. The summed E-state index contributed by atoms with van der Waals surface area (Å²) in [5.74, 6) is -0.0332. The summed E-state index contributed by atoms with van der Waals surface area (Å²) in [6.07, 6.45) is 3.40. The first-order chi connectivity index (χ1) is 6.70. The predicted octanol–water partition coefficient (Wildman–Crippen LogP) is 1.22. The molecule has 1 unspecified atom stereocenters. The molecule has 0 saturated carbocycles. The highest BCUT2D eigenvalue weighted by Crippen LogP contribution is 1.95. The van der Waals surface area contributed by atoms with Crippen molar-refractivity contribution in [3.8, 4) is 0 Å². The largest absolute Gasteiger partial charge is 0.317 e. The molecule has 0 aromatic heterocycles. The number of hydrogen-bond acceptors (Lipinski definition) is 3. The minimum absolute atomic E-state index is 0.0332. The van der Waals surface area contributed by atoms with Gasteiger partial charge in [0, 0.05) is 12.5 Å². The average molecular weight is 202 g/mol. The van der Waals surface area contributed by atoms with Crippen molar-refractivity contribution in [2.24, 2.45) is 0 Å². The van der Waals surface area contributed by atoms with Crippen LogP contribution in [0.5, 0.6) is 0 Å². The van der Waals surface area contributed by atoms with E-state index in [-0.39, 0.29) is 5.91 Å². The molecule has 0 heterocycles. The van der Waals surface area contributed by atoms with Crippen LogP contribution < -0.4 is 10.8 Å². The number of rotatable bonds is 8. The molecule has 0 spiro atoms. The fourth-order valence-corrected chi connectivity index (χ4v) is 1.02. The first-order valence-corrected chi connectivity index (χ1v) is 5.28. The zero-order valence-corrected chi connectivity index (χ0v) is 9.43. The van der Waals surface area contributed by atoms with E-state index >= 15 is 0 Å². The van der Waals surface area contributed by atoms with Gasteiger partial charge in [-0.15, -0.1) is 0 Å². The van der Waals surface area contributed by atoms with Gasteiger partial charge in [0.1, 0.15) is 0 Å². The Bertz CT molecular complexity index is 151. The van der Waals surface area contributed by atoms with Crippen molar-refractivity contribution in [2.75, 3.05) is 13.7 Å². The van der Waals surface area contributed by atoms with Crippen LogP contribution in [-0.2, 0) is 9.63 Å². The lowest BCUT2D eigenvalue weighted by Gasteiger charge is -2.09. The van der Waals surface area contributed by atoms with E-state index in [0.717, 1.165) is 19.3 Å². The minimum atomic E-state index is -0.0332. The molecule has 0 fully saturated rings. The quantitative estimate of drug-likeness (QED) is 0.459.